The van der Waals surface area contributed by atoms with E-state index in [9.17, 15) is 4.79 Å². The number of carbonyl (C=O) groups excluding carboxylic acids is 1. The lowest BCUT2D eigenvalue weighted by Crippen LogP contribution is -2.13. The van der Waals surface area contributed by atoms with Gasteiger partial charge in [0.25, 0.3) is 5.91 Å². The summed E-state index contributed by atoms with van der Waals surface area (Å²) in [4.78, 5) is 14.7. The lowest BCUT2D eigenvalue weighted by molar-refractivity contribution is 0.102. The fourth-order valence-electron chi connectivity index (χ4n) is 1.61. The summed E-state index contributed by atoms with van der Waals surface area (Å²) in [5, 5.41) is 3.32. The SMILES string of the molecule is COCc1ccccc1NC(=O)c1cc(Cl)c[nH]1. The fraction of sp³-hybridized carbons (Fsp3) is 0.154. The van der Waals surface area contributed by atoms with Gasteiger partial charge in [-0.05, 0) is 12.1 Å². The maximum Gasteiger partial charge on any atom is 0.272 e. The maximum atomic E-state index is 11.9. The summed E-state index contributed by atoms with van der Waals surface area (Å²) in [6, 6.07) is 9.07. The van der Waals surface area contributed by atoms with Crippen molar-refractivity contribution < 1.29 is 9.53 Å². The minimum Gasteiger partial charge on any atom is -0.380 e. The molecule has 0 unspecified atom stereocenters. The van der Waals surface area contributed by atoms with Crippen molar-refractivity contribution >= 4 is 23.2 Å². The van der Waals surface area contributed by atoms with Gasteiger partial charge in [0.1, 0.15) is 5.69 Å². The number of H-pyrrole nitrogens is 1. The van der Waals surface area contributed by atoms with Crippen LogP contribution in [0.15, 0.2) is 36.5 Å². The number of benzene rings is 1. The quantitative estimate of drug-likeness (QED) is 0.892. The summed E-state index contributed by atoms with van der Waals surface area (Å²) in [6.45, 7) is 0.446. The van der Waals surface area contributed by atoms with E-state index in [2.05, 4.69) is 10.3 Å². The molecule has 1 heterocycles. The first kappa shape index (κ1) is 12.7. The molecular formula is C13H13ClN2O2. The Morgan fingerprint density at radius 2 is 2.22 bits per heavy atom. The van der Waals surface area contributed by atoms with Crippen molar-refractivity contribution in [3.8, 4) is 0 Å². The van der Waals surface area contributed by atoms with E-state index < -0.39 is 0 Å². The molecule has 18 heavy (non-hydrogen) atoms. The van der Waals surface area contributed by atoms with Crippen molar-refractivity contribution in [1.82, 2.24) is 4.98 Å². The van der Waals surface area contributed by atoms with Crippen molar-refractivity contribution in [3.05, 3.63) is 52.8 Å². The number of methoxy groups -OCH3 is 1. The van der Waals surface area contributed by atoms with Crippen LogP contribution in [0.25, 0.3) is 0 Å². The van der Waals surface area contributed by atoms with Gasteiger partial charge in [0, 0.05) is 24.6 Å². The standard InChI is InChI=1S/C13H13ClN2O2/c1-18-8-9-4-2-3-5-11(9)16-13(17)12-6-10(14)7-15-12/h2-7,15H,8H2,1H3,(H,16,17). The molecule has 0 aliphatic carbocycles. The maximum absolute atomic E-state index is 11.9. The average Bonchev–Trinajstić information content (AvgIpc) is 2.79. The van der Waals surface area contributed by atoms with Crippen LogP contribution in [0, 0.1) is 0 Å². The van der Waals surface area contributed by atoms with E-state index in [1.807, 2.05) is 24.3 Å². The second-order valence-electron chi connectivity index (χ2n) is 3.78. The number of nitrogens with one attached hydrogen (secondary N) is 2. The first-order valence-electron chi connectivity index (χ1n) is 5.43. The Labute approximate surface area is 110 Å². The molecule has 1 aromatic carbocycles. The normalized spacial score (nSPS) is 10.3. The van der Waals surface area contributed by atoms with Gasteiger partial charge in [-0.3, -0.25) is 4.79 Å². The molecule has 0 saturated carbocycles. The Morgan fingerprint density at radius 1 is 1.44 bits per heavy atom. The Kier molecular flexibility index (Phi) is 4.02. The highest BCUT2D eigenvalue weighted by molar-refractivity contribution is 6.31. The van der Waals surface area contributed by atoms with Crippen LogP contribution in [-0.2, 0) is 11.3 Å². The molecule has 0 aliphatic rings. The number of hydrogen-bond acceptors (Lipinski definition) is 2. The molecule has 94 valence electrons. The van der Waals surface area contributed by atoms with E-state index in [4.69, 9.17) is 16.3 Å². The molecule has 0 saturated heterocycles. The van der Waals surface area contributed by atoms with E-state index in [1.54, 1.807) is 19.4 Å². The molecule has 0 fully saturated rings. The van der Waals surface area contributed by atoms with Gasteiger partial charge in [0.05, 0.1) is 11.6 Å². The average molecular weight is 265 g/mol. The zero-order valence-electron chi connectivity index (χ0n) is 9.87. The van der Waals surface area contributed by atoms with Crippen LogP contribution in [0.3, 0.4) is 0 Å². The fourth-order valence-corrected chi connectivity index (χ4v) is 1.78. The molecule has 2 aromatic rings. The number of ether oxygens (including phenoxy) is 1. The van der Waals surface area contributed by atoms with Gasteiger partial charge in [0.2, 0.25) is 0 Å². The monoisotopic (exact) mass is 264 g/mol. The second-order valence-corrected chi connectivity index (χ2v) is 4.21. The van der Waals surface area contributed by atoms with Crippen LogP contribution in [0.2, 0.25) is 5.02 Å². The van der Waals surface area contributed by atoms with E-state index in [0.717, 1.165) is 11.3 Å². The third kappa shape index (κ3) is 2.91. The van der Waals surface area contributed by atoms with Crippen LogP contribution >= 0.6 is 11.6 Å². The summed E-state index contributed by atoms with van der Waals surface area (Å²) in [6.07, 6.45) is 1.57. The number of aromatic nitrogens is 1. The number of amides is 1. The highest BCUT2D eigenvalue weighted by Crippen LogP contribution is 2.17. The molecule has 1 amide bonds. The number of anilines is 1. The molecule has 5 heteroatoms. The molecule has 1 aromatic heterocycles. The van der Waals surface area contributed by atoms with Gasteiger partial charge in [-0.15, -0.1) is 0 Å². The smallest absolute Gasteiger partial charge is 0.272 e. The number of rotatable bonds is 4. The van der Waals surface area contributed by atoms with Gasteiger partial charge in [-0.1, -0.05) is 29.8 Å². The first-order chi connectivity index (χ1) is 8.70. The van der Waals surface area contributed by atoms with Crippen LogP contribution < -0.4 is 5.32 Å². The van der Waals surface area contributed by atoms with E-state index in [1.165, 1.54) is 0 Å². The Morgan fingerprint density at radius 3 is 2.89 bits per heavy atom. The van der Waals surface area contributed by atoms with E-state index in [-0.39, 0.29) is 5.91 Å². The number of aromatic amines is 1. The summed E-state index contributed by atoms with van der Waals surface area (Å²) < 4.78 is 5.08. The third-order valence-corrected chi connectivity index (χ3v) is 2.68. The van der Waals surface area contributed by atoms with Crippen LogP contribution in [0.5, 0.6) is 0 Å². The number of para-hydroxylation sites is 1. The van der Waals surface area contributed by atoms with Gasteiger partial charge >= 0.3 is 0 Å². The molecule has 0 bridgehead atoms. The van der Waals surface area contributed by atoms with Crippen molar-refractivity contribution in [2.75, 3.05) is 12.4 Å². The summed E-state index contributed by atoms with van der Waals surface area (Å²) in [5.74, 6) is -0.231. The van der Waals surface area contributed by atoms with Gasteiger partial charge in [0.15, 0.2) is 0 Å². The van der Waals surface area contributed by atoms with Crippen LogP contribution in [0.4, 0.5) is 5.69 Å². The summed E-state index contributed by atoms with van der Waals surface area (Å²) in [7, 11) is 1.61. The topological polar surface area (TPSA) is 54.1 Å². The lowest BCUT2D eigenvalue weighted by Gasteiger charge is -2.09. The largest absolute Gasteiger partial charge is 0.380 e. The highest BCUT2D eigenvalue weighted by Gasteiger charge is 2.10. The van der Waals surface area contributed by atoms with Crippen LogP contribution in [-0.4, -0.2) is 18.0 Å². The predicted octanol–water partition coefficient (Wildman–Crippen LogP) is 3.07. The zero-order chi connectivity index (χ0) is 13.0. The number of carbonyl (C=O) groups is 1. The van der Waals surface area contributed by atoms with Gasteiger partial charge in [-0.2, -0.15) is 0 Å². The van der Waals surface area contributed by atoms with Crippen molar-refractivity contribution in [2.24, 2.45) is 0 Å². The third-order valence-electron chi connectivity index (χ3n) is 2.46. The van der Waals surface area contributed by atoms with Crippen molar-refractivity contribution in [1.29, 1.82) is 0 Å². The molecular weight excluding hydrogens is 252 g/mol. The Hall–Kier alpha value is -1.78. The molecule has 0 spiro atoms. The highest BCUT2D eigenvalue weighted by atomic mass is 35.5. The molecule has 2 rings (SSSR count). The first-order valence-corrected chi connectivity index (χ1v) is 5.80. The predicted molar refractivity (Wildman–Crippen MR) is 70.9 cm³/mol. The van der Waals surface area contributed by atoms with Crippen LogP contribution in [0.1, 0.15) is 16.1 Å². The number of hydrogen-bond donors (Lipinski definition) is 2. The molecule has 0 radical (unpaired) electrons. The van der Waals surface area contributed by atoms with E-state index in [0.29, 0.717) is 17.3 Å². The van der Waals surface area contributed by atoms with Crippen molar-refractivity contribution in [3.63, 3.8) is 0 Å². The molecule has 0 aliphatic heterocycles. The Bertz CT molecular complexity index is 551. The zero-order valence-corrected chi connectivity index (χ0v) is 10.6. The molecule has 4 nitrogen and oxygen atoms in total. The van der Waals surface area contributed by atoms with E-state index >= 15 is 0 Å². The minimum absolute atomic E-state index is 0.231. The lowest BCUT2D eigenvalue weighted by atomic mass is 10.2. The minimum atomic E-state index is -0.231. The number of halogens is 1. The van der Waals surface area contributed by atoms with Crippen molar-refractivity contribution in [2.45, 2.75) is 6.61 Å². The molecule has 0 atom stereocenters. The molecule has 2 N–H and O–H groups in total. The van der Waals surface area contributed by atoms with Gasteiger partial charge in [-0.25, -0.2) is 0 Å². The summed E-state index contributed by atoms with van der Waals surface area (Å²) >= 11 is 5.76. The Balaban J connectivity index is 2.16. The summed E-state index contributed by atoms with van der Waals surface area (Å²) in [5.41, 5.74) is 2.08. The van der Waals surface area contributed by atoms with Gasteiger partial charge < -0.3 is 15.0 Å². The second kappa shape index (κ2) is 5.71.